The van der Waals surface area contributed by atoms with Crippen molar-refractivity contribution in [1.29, 1.82) is 0 Å². The minimum absolute atomic E-state index is 0.148. The van der Waals surface area contributed by atoms with E-state index in [2.05, 4.69) is 41.5 Å². The van der Waals surface area contributed by atoms with Gasteiger partial charge in [-0.25, -0.2) is 0 Å². The third-order valence-electron chi connectivity index (χ3n) is 5.49. The van der Waals surface area contributed by atoms with Crippen molar-refractivity contribution in [2.24, 2.45) is 5.41 Å². The summed E-state index contributed by atoms with van der Waals surface area (Å²) >= 11 is 0. The number of para-hydroxylation sites is 1. The van der Waals surface area contributed by atoms with Crippen molar-refractivity contribution < 1.29 is 20.1 Å². The van der Waals surface area contributed by atoms with Gasteiger partial charge in [0.15, 0.2) is 0 Å². The van der Waals surface area contributed by atoms with Crippen LogP contribution < -0.4 is 4.74 Å². The highest BCUT2D eigenvalue weighted by atomic mass is 16.5. The average Bonchev–Trinajstić information content (AvgIpc) is 2.67. The van der Waals surface area contributed by atoms with Gasteiger partial charge in [0.25, 0.3) is 0 Å². The van der Waals surface area contributed by atoms with Gasteiger partial charge in [-0.3, -0.25) is 0 Å². The Balaban J connectivity index is 2.71. The Bertz CT molecular complexity index is 787. The predicted molar refractivity (Wildman–Crippen MR) is 117 cm³/mol. The molecule has 1 atom stereocenters. The van der Waals surface area contributed by atoms with E-state index in [1.54, 1.807) is 0 Å². The first-order valence-electron chi connectivity index (χ1n) is 10.2. The second-order valence-corrected chi connectivity index (χ2v) is 9.92. The highest BCUT2D eigenvalue weighted by Gasteiger charge is 2.43. The monoisotopic (exact) mass is 400 g/mol. The van der Waals surface area contributed by atoms with E-state index in [4.69, 9.17) is 4.74 Å². The van der Waals surface area contributed by atoms with Crippen molar-refractivity contribution in [3.63, 3.8) is 0 Å². The first-order valence-corrected chi connectivity index (χ1v) is 10.2. The average molecular weight is 401 g/mol. The topological polar surface area (TPSA) is 69.9 Å². The van der Waals surface area contributed by atoms with E-state index in [0.29, 0.717) is 5.75 Å². The molecular weight excluding hydrogens is 364 g/mol. The maximum atomic E-state index is 10.2. The lowest BCUT2D eigenvalue weighted by molar-refractivity contribution is -0.0751. The molecule has 0 spiro atoms. The van der Waals surface area contributed by atoms with Gasteiger partial charge in [-0.2, -0.15) is 0 Å². The second-order valence-electron chi connectivity index (χ2n) is 9.92. The Morgan fingerprint density at radius 2 is 1.14 bits per heavy atom. The molecule has 0 saturated heterocycles. The van der Waals surface area contributed by atoms with Crippen molar-refractivity contribution in [3.05, 3.63) is 65.2 Å². The first-order chi connectivity index (χ1) is 13.5. The molecule has 0 aromatic heterocycles. The summed E-state index contributed by atoms with van der Waals surface area (Å²) in [5, 5.41) is 30.6. The summed E-state index contributed by atoms with van der Waals surface area (Å²) in [5.74, 6) is 0.688. The molecule has 0 radical (unpaired) electrons. The zero-order valence-electron chi connectivity index (χ0n) is 18.6. The van der Waals surface area contributed by atoms with Gasteiger partial charge in [0.2, 0.25) is 0 Å². The SMILES string of the molecule is CC(C)(C)c1ccccc1OC(c1ccccc1C(C)(C)C)C(CO)(CO)CO. The van der Waals surface area contributed by atoms with Gasteiger partial charge in [0.05, 0.1) is 25.2 Å². The lowest BCUT2D eigenvalue weighted by Gasteiger charge is -2.40. The van der Waals surface area contributed by atoms with Crippen LogP contribution >= 0.6 is 0 Å². The molecule has 0 aliphatic heterocycles. The molecule has 0 bridgehead atoms. The van der Waals surface area contributed by atoms with Crippen molar-refractivity contribution >= 4 is 0 Å². The van der Waals surface area contributed by atoms with Crippen LogP contribution in [0.15, 0.2) is 48.5 Å². The van der Waals surface area contributed by atoms with E-state index in [-0.39, 0.29) is 10.8 Å². The van der Waals surface area contributed by atoms with Crippen LogP contribution in [0.3, 0.4) is 0 Å². The minimum atomic E-state index is -1.23. The summed E-state index contributed by atoms with van der Waals surface area (Å²) in [5.41, 5.74) is 1.39. The molecular formula is C25H36O4. The number of aliphatic hydroxyl groups is 3. The predicted octanol–water partition coefficient (Wildman–Crippen LogP) is 4.37. The summed E-state index contributed by atoms with van der Waals surface area (Å²) in [6, 6.07) is 15.7. The van der Waals surface area contributed by atoms with E-state index in [0.717, 1.165) is 16.7 Å². The lowest BCUT2D eigenvalue weighted by atomic mass is 9.74. The van der Waals surface area contributed by atoms with Gasteiger partial charge in [0.1, 0.15) is 11.9 Å². The van der Waals surface area contributed by atoms with Crippen molar-refractivity contribution in [2.75, 3.05) is 19.8 Å². The van der Waals surface area contributed by atoms with Crippen LogP contribution in [0.1, 0.15) is 64.3 Å². The fourth-order valence-corrected chi connectivity index (χ4v) is 3.64. The molecule has 1 unspecified atom stereocenters. The van der Waals surface area contributed by atoms with E-state index < -0.39 is 31.3 Å². The highest BCUT2D eigenvalue weighted by molar-refractivity contribution is 5.41. The Kier molecular flexibility index (Phi) is 7.15. The zero-order chi connectivity index (χ0) is 21.9. The largest absolute Gasteiger partial charge is 0.485 e. The van der Waals surface area contributed by atoms with Crippen LogP contribution in [0.5, 0.6) is 5.75 Å². The van der Waals surface area contributed by atoms with Gasteiger partial charge in [-0.05, 0) is 33.6 Å². The fourth-order valence-electron chi connectivity index (χ4n) is 3.64. The third-order valence-corrected chi connectivity index (χ3v) is 5.49. The molecule has 2 rings (SSSR count). The second kappa shape index (κ2) is 8.86. The Morgan fingerprint density at radius 1 is 0.690 bits per heavy atom. The summed E-state index contributed by atoms with van der Waals surface area (Å²) in [7, 11) is 0. The molecule has 2 aromatic carbocycles. The number of ether oxygens (including phenoxy) is 1. The quantitative estimate of drug-likeness (QED) is 0.646. The van der Waals surface area contributed by atoms with E-state index in [1.807, 2.05) is 48.5 Å². The molecule has 2 aromatic rings. The molecule has 0 heterocycles. The molecule has 29 heavy (non-hydrogen) atoms. The minimum Gasteiger partial charge on any atom is -0.485 e. The number of hydrogen-bond donors (Lipinski definition) is 3. The molecule has 0 amide bonds. The van der Waals surface area contributed by atoms with Crippen LogP contribution in [-0.4, -0.2) is 35.1 Å². The van der Waals surface area contributed by atoms with Crippen LogP contribution in [-0.2, 0) is 10.8 Å². The smallest absolute Gasteiger partial charge is 0.136 e. The zero-order valence-corrected chi connectivity index (χ0v) is 18.6. The molecule has 0 saturated carbocycles. The molecule has 4 heteroatoms. The maximum Gasteiger partial charge on any atom is 0.136 e. The van der Waals surface area contributed by atoms with Crippen LogP contribution in [0.25, 0.3) is 0 Å². The number of rotatable bonds is 7. The number of aliphatic hydroxyl groups excluding tert-OH is 3. The summed E-state index contributed by atoms with van der Waals surface area (Å²) < 4.78 is 6.55. The molecule has 0 aliphatic rings. The molecule has 0 aliphatic carbocycles. The standard InChI is InChI=1S/C25H36O4/c1-23(2,3)19-12-8-7-11-18(19)22(25(15-26,16-27)17-28)29-21-14-10-9-13-20(21)24(4,5)6/h7-14,22,26-28H,15-17H2,1-6H3. The van der Waals surface area contributed by atoms with Crippen molar-refractivity contribution in [3.8, 4) is 5.75 Å². The van der Waals surface area contributed by atoms with Crippen molar-refractivity contribution in [1.82, 2.24) is 0 Å². The van der Waals surface area contributed by atoms with Gasteiger partial charge in [-0.1, -0.05) is 84.0 Å². The van der Waals surface area contributed by atoms with Crippen LogP contribution in [0.2, 0.25) is 0 Å². The van der Waals surface area contributed by atoms with Gasteiger partial charge < -0.3 is 20.1 Å². The van der Waals surface area contributed by atoms with E-state index in [1.165, 1.54) is 0 Å². The summed E-state index contributed by atoms with van der Waals surface area (Å²) in [6.45, 7) is 11.5. The van der Waals surface area contributed by atoms with Crippen LogP contribution in [0.4, 0.5) is 0 Å². The fraction of sp³-hybridized carbons (Fsp3) is 0.520. The van der Waals surface area contributed by atoms with Gasteiger partial charge in [-0.15, -0.1) is 0 Å². The molecule has 0 fully saturated rings. The molecule has 4 nitrogen and oxygen atoms in total. The Hall–Kier alpha value is -1.88. The Morgan fingerprint density at radius 3 is 1.62 bits per heavy atom. The van der Waals surface area contributed by atoms with Crippen molar-refractivity contribution in [2.45, 2.75) is 58.5 Å². The summed E-state index contributed by atoms with van der Waals surface area (Å²) in [4.78, 5) is 0. The molecule has 3 N–H and O–H groups in total. The van der Waals surface area contributed by atoms with Gasteiger partial charge >= 0.3 is 0 Å². The van der Waals surface area contributed by atoms with Crippen LogP contribution in [0, 0.1) is 5.41 Å². The first kappa shape index (κ1) is 23.4. The molecule has 160 valence electrons. The van der Waals surface area contributed by atoms with Gasteiger partial charge in [0, 0.05) is 0 Å². The Labute approximate surface area is 175 Å². The normalized spacial score (nSPS) is 14.0. The summed E-state index contributed by atoms with van der Waals surface area (Å²) in [6.07, 6.45) is -0.721. The number of benzene rings is 2. The van der Waals surface area contributed by atoms with E-state index in [9.17, 15) is 15.3 Å². The maximum absolute atomic E-state index is 10.2. The highest BCUT2D eigenvalue weighted by Crippen LogP contribution is 2.43. The number of hydrogen-bond acceptors (Lipinski definition) is 4. The third kappa shape index (κ3) is 5.00. The van der Waals surface area contributed by atoms with E-state index >= 15 is 0 Å². The lowest BCUT2D eigenvalue weighted by Crippen LogP contribution is -2.43.